The quantitative estimate of drug-likeness (QED) is 0.801. The van der Waals surface area contributed by atoms with E-state index in [-0.39, 0.29) is 23.7 Å². The first-order chi connectivity index (χ1) is 8.58. The average molecular weight is 271 g/mol. The van der Waals surface area contributed by atoms with Gasteiger partial charge in [-0.2, -0.15) is 0 Å². The molecule has 3 N–H and O–H groups in total. The normalized spacial score (nSPS) is 16.3. The van der Waals surface area contributed by atoms with Gasteiger partial charge in [0.15, 0.2) is 0 Å². The summed E-state index contributed by atoms with van der Waals surface area (Å²) in [4.78, 5) is 0. The summed E-state index contributed by atoms with van der Waals surface area (Å²) in [5, 5.41) is 9.34. The zero-order valence-electron chi connectivity index (χ0n) is 11.0. The SMILES string of the molecule is CCC(N)C(SC(C)CCO)c1cccc(F)c1. The van der Waals surface area contributed by atoms with Crippen molar-refractivity contribution in [2.75, 3.05) is 6.61 Å². The van der Waals surface area contributed by atoms with E-state index in [1.54, 1.807) is 23.9 Å². The summed E-state index contributed by atoms with van der Waals surface area (Å²) in [7, 11) is 0. The van der Waals surface area contributed by atoms with Crippen LogP contribution in [0.4, 0.5) is 4.39 Å². The molecule has 2 nitrogen and oxygen atoms in total. The average Bonchev–Trinajstić information content (AvgIpc) is 2.35. The Morgan fingerprint density at radius 2 is 2.17 bits per heavy atom. The highest BCUT2D eigenvalue weighted by molar-refractivity contribution is 8.00. The number of thioether (sulfide) groups is 1. The van der Waals surface area contributed by atoms with Gasteiger partial charge in [-0.15, -0.1) is 11.8 Å². The van der Waals surface area contributed by atoms with E-state index in [9.17, 15) is 4.39 Å². The van der Waals surface area contributed by atoms with E-state index in [0.29, 0.717) is 5.25 Å². The van der Waals surface area contributed by atoms with Crippen LogP contribution in [-0.2, 0) is 0 Å². The Balaban J connectivity index is 2.84. The second-order valence-electron chi connectivity index (χ2n) is 4.51. The summed E-state index contributed by atoms with van der Waals surface area (Å²) in [6.07, 6.45) is 1.58. The second kappa shape index (κ2) is 7.77. The maximum absolute atomic E-state index is 13.3. The highest BCUT2D eigenvalue weighted by Crippen LogP contribution is 2.36. The Morgan fingerprint density at radius 3 is 2.72 bits per heavy atom. The Morgan fingerprint density at radius 1 is 1.44 bits per heavy atom. The monoisotopic (exact) mass is 271 g/mol. The minimum atomic E-state index is -0.226. The fourth-order valence-corrected chi connectivity index (χ4v) is 3.26. The van der Waals surface area contributed by atoms with Crippen LogP contribution < -0.4 is 5.73 Å². The number of hydrogen-bond acceptors (Lipinski definition) is 3. The lowest BCUT2D eigenvalue weighted by molar-refractivity contribution is 0.288. The van der Waals surface area contributed by atoms with Gasteiger partial charge in [0.25, 0.3) is 0 Å². The van der Waals surface area contributed by atoms with E-state index in [0.717, 1.165) is 18.4 Å². The Bertz CT molecular complexity index is 361. The molecule has 0 bridgehead atoms. The molecule has 0 aliphatic heterocycles. The largest absolute Gasteiger partial charge is 0.396 e. The third-order valence-electron chi connectivity index (χ3n) is 2.95. The minimum Gasteiger partial charge on any atom is -0.396 e. The van der Waals surface area contributed by atoms with Crippen LogP contribution in [0, 0.1) is 5.82 Å². The van der Waals surface area contributed by atoms with E-state index in [1.165, 1.54) is 6.07 Å². The molecule has 4 heteroatoms. The molecule has 3 atom stereocenters. The predicted octanol–water partition coefficient (Wildman–Crippen LogP) is 3.11. The van der Waals surface area contributed by atoms with Crippen LogP contribution in [0.2, 0.25) is 0 Å². The molecule has 0 fully saturated rings. The lowest BCUT2D eigenvalue weighted by Crippen LogP contribution is -2.27. The zero-order chi connectivity index (χ0) is 13.5. The molecular weight excluding hydrogens is 249 g/mol. The first-order valence-electron chi connectivity index (χ1n) is 6.35. The number of aliphatic hydroxyl groups is 1. The van der Waals surface area contributed by atoms with Gasteiger partial charge < -0.3 is 10.8 Å². The van der Waals surface area contributed by atoms with Crippen LogP contribution in [0.1, 0.15) is 37.5 Å². The van der Waals surface area contributed by atoms with E-state index in [4.69, 9.17) is 10.8 Å². The molecule has 0 aliphatic carbocycles. The van der Waals surface area contributed by atoms with Gasteiger partial charge >= 0.3 is 0 Å². The number of rotatable bonds is 7. The van der Waals surface area contributed by atoms with Gasteiger partial charge in [-0.1, -0.05) is 26.0 Å². The Kier molecular flexibility index (Phi) is 6.68. The molecule has 0 amide bonds. The summed E-state index contributed by atoms with van der Waals surface area (Å²) in [6.45, 7) is 4.27. The molecule has 0 heterocycles. The maximum Gasteiger partial charge on any atom is 0.123 e. The van der Waals surface area contributed by atoms with E-state index in [1.807, 2.05) is 13.0 Å². The van der Waals surface area contributed by atoms with Gasteiger partial charge in [0.05, 0.1) is 0 Å². The van der Waals surface area contributed by atoms with Crippen molar-refractivity contribution in [3.05, 3.63) is 35.6 Å². The third kappa shape index (κ3) is 4.59. The van der Waals surface area contributed by atoms with Gasteiger partial charge in [-0.25, -0.2) is 4.39 Å². The minimum absolute atomic E-state index is 0.00190. The molecule has 1 rings (SSSR count). The molecule has 1 aromatic rings. The van der Waals surface area contributed by atoms with Gasteiger partial charge in [-0.3, -0.25) is 0 Å². The van der Waals surface area contributed by atoms with Gasteiger partial charge in [0.1, 0.15) is 5.82 Å². The molecule has 0 aromatic heterocycles. The molecule has 1 aromatic carbocycles. The highest BCUT2D eigenvalue weighted by Gasteiger charge is 2.21. The van der Waals surface area contributed by atoms with Crippen molar-refractivity contribution in [2.24, 2.45) is 5.73 Å². The molecule has 0 spiro atoms. The van der Waals surface area contributed by atoms with Crippen molar-refractivity contribution in [1.29, 1.82) is 0 Å². The standard InChI is InChI=1S/C14H22FNOS/c1-3-13(16)14(18-10(2)7-8-17)11-5-4-6-12(15)9-11/h4-6,9-10,13-14,17H,3,7-8,16H2,1-2H3. The summed E-state index contributed by atoms with van der Waals surface area (Å²) in [6, 6.07) is 6.63. The Hall–Kier alpha value is -0.580. The van der Waals surface area contributed by atoms with Crippen LogP contribution in [0.25, 0.3) is 0 Å². The van der Waals surface area contributed by atoms with Crippen LogP contribution in [0.3, 0.4) is 0 Å². The number of benzene rings is 1. The molecule has 0 saturated heterocycles. The molecule has 0 saturated carbocycles. The second-order valence-corrected chi connectivity index (χ2v) is 6.09. The van der Waals surface area contributed by atoms with Crippen molar-refractivity contribution in [1.82, 2.24) is 0 Å². The number of halogens is 1. The van der Waals surface area contributed by atoms with Crippen molar-refractivity contribution < 1.29 is 9.50 Å². The van der Waals surface area contributed by atoms with E-state index >= 15 is 0 Å². The molecule has 18 heavy (non-hydrogen) atoms. The smallest absolute Gasteiger partial charge is 0.123 e. The number of nitrogens with two attached hydrogens (primary N) is 1. The highest BCUT2D eigenvalue weighted by atomic mass is 32.2. The van der Waals surface area contributed by atoms with Crippen LogP contribution >= 0.6 is 11.8 Å². The van der Waals surface area contributed by atoms with Crippen molar-refractivity contribution in [2.45, 2.75) is 43.2 Å². The van der Waals surface area contributed by atoms with Gasteiger partial charge in [0, 0.05) is 23.1 Å². The van der Waals surface area contributed by atoms with Crippen molar-refractivity contribution >= 4 is 11.8 Å². The summed E-state index contributed by atoms with van der Waals surface area (Å²) < 4.78 is 13.3. The molecule has 3 unspecified atom stereocenters. The molecular formula is C14H22FNOS. The van der Waals surface area contributed by atoms with Crippen LogP contribution in [0.15, 0.2) is 24.3 Å². The summed E-state index contributed by atoms with van der Waals surface area (Å²) >= 11 is 1.71. The first kappa shape index (κ1) is 15.5. The third-order valence-corrected chi connectivity index (χ3v) is 4.57. The summed E-state index contributed by atoms with van der Waals surface area (Å²) in [5.41, 5.74) is 7.07. The fourth-order valence-electron chi connectivity index (χ4n) is 1.82. The van der Waals surface area contributed by atoms with Gasteiger partial charge in [-0.05, 0) is 30.5 Å². The topological polar surface area (TPSA) is 46.2 Å². The lowest BCUT2D eigenvalue weighted by Gasteiger charge is -2.26. The molecule has 0 aliphatic rings. The predicted molar refractivity (Wildman–Crippen MR) is 76.2 cm³/mol. The molecule has 102 valence electrons. The Labute approximate surface area is 113 Å². The fraction of sp³-hybridized carbons (Fsp3) is 0.571. The van der Waals surface area contributed by atoms with Gasteiger partial charge in [0.2, 0.25) is 0 Å². The lowest BCUT2D eigenvalue weighted by atomic mass is 10.0. The summed E-state index contributed by atoms with van der Waals surface area (Å²) in [5.74, 6) is -0.226. The van der Waals surface area contributed by atoms with Crippen LogP contribution in [-0.4, -0.2) is 23.0 Å². The van der Waals surface area contributed by atoms with Crippen LogP contribution in [0.5, 0.6) is 0 Å². The van der Waals surface area contributed by atoms with Crippen molar-refractivity contribution in [3.63, 3.8) is 0 Å². The number of hydrogen-bond donors (Lipinski definition) is 2. The molecule has 0 radical (unpaired) electrons. The van der Waals surface area contributed by atoms with E-state index < -0.39 is 0 Å². The maximum atomic E-state index is 13.3. The van der Waals surface area contributed by atoms with Crippen molar-refractivity contribution in [3.8, 4) is 0 Å². The zero-order valence-corrected chi connectivity index (χ0v) is 11.8. The van der Waals surface area contributed by atoms with E-state index in [2.05, 4.69) is 6.92 Å². The first-order valence-corrected chi connectivity index (χ1v) is 7.30. The number of aliphatic hydroxyl groups excluding tert-OH is 1.